The quantitative estimate of drug-likeness (QED) is 0.877. The van der Waals surface area contributed by atoms with Crippen LogP contribution in [-0.2, 0) is 9.59 Å². The Morgan fingerprint density at radius 3 is 2.42 bits per heavy atom. The van der Waals surface area contributed by atoms with E-state index < -0.39 is 0 Å². The first-order valence-electron chi connectivity index (χ1n) is 9.60. The molecule has 2 aliphatic rings. The predicted molar refractivity (Wildman–Crippen MR) is 101 cm³/mol. The lowest BCUT2D eigenvalue weighted by molar-refractivity contribution is -0.138. The number of rotatable bonds is 5. The molecule has 6 heteroatoms. The minimum Gasteiger partial charge on any atom is -0.490 e. The average molecular weight is 359 g/mol. The van der Waals surface area contributed by atoms with Gasteiger partial charge in [0, 0.05) is 44.9 Å². The first-order chi connectivity index (χ1) is 12.5. The Hall–Kier alpha value is -2.24. The number of benzene rings is 1. The Balaban J connectivity index is 1.53. The van der Waals surface area contributed by atoms with E-state index in [4.69, 9.17) is 4.74 Å². The third-order valence-corrected chi connectivity index (χ3v) is 5.23. The molecule has 0 spiro atoms. The number of carbonyl (C=O) groups is 2. The highest BCUT2D eigenvalue weighted by Crippen LogP contribution is 2.26. The molecule has 0 bridgehead atoms. The molecule has 142 valence electrons. The van der Waals surface area contributed by atoms with Crippen LogP contribution in [0.25, 0.3) is 0 Å². The molecule has 3 rings (SSSR count). The van der Waals surface area contributed by atoms with Crippen LogP contribution in [0.4, 0.5) is 5.69 Å². The predicted octanol–water partition coefficient (Wildman–Crippen LogP) is 2.50. The van der Waals surface area contributed by atoms with Gasteiger partial charge in [-0.2, -0.15) is 0 Å². The zero-order valence-corrected chi connectivity index (χ0v) is 15.7. The van der Waals surface area contributed by atoms with Crippen molar-refractivity contribution < 1.29 is 14.3 Å². The summed E-state index contributed by atoms with van der Waals surface area (Å²) in [6, 6.07) is 7.53. The summed E-state index contributed by atoms with van der Waals surface area (Å²) in [5.41, 5.74) is 0.892. The van der Waals surface area contributed by atoms with Crippen LogP contribution >= 0.6 is 0 Å². The summed E-state index contributed by atoms with van der Waals surface area (Å²) in [4.78, 5) is 27.7. The molecule has 0 radical (unpaired) electrons. The fourth-order valence-electron chi connectivity index (χ4n) is 3.69. The van der Waals surface area contributed by atoms with Crippen molar-refractivity contribution in [1.29, 1.82) is 0 Å². The number of carbonyl (C=O) groups excluding carboxylic acids is 2. The summed E-state index contributed by atoms with van der Waals surface area (Å²) in [7, 11) is 0. The highest BCUT2D eigenvalue weighted by atomic mass is 16.5. The van der Waals surface area contributed by atoms with Gasteiger partial charge in [0.1, 0.15) is 11.8 Å². The SMILES string of the molecule is CC(=O)N1CCN(C(=O)C(C)Nc2cccc(OC3CCCC3)c2)CC1. The van der Waals surface area contributed by atoms with Crippen LogP contribution in [0.3, 0.4) is 0 Å². The minimum atomic E-state index is -0.319. The van der Waals surface area contributed by atoms with Gasteiger partial charge in [-0.3, -0.25) is 9.59 Å². The number of ether oxygens (including phenoxy) is 1. The summed E-state index contributed by atoms with van der Waals surface area (Å²) in [6.07, 6.45) is 5.05. The first-order valence-corrected chi connectivity index (χ1v) is 9.60. The van der Waals surface area contributed by atoms with Gasteiger partial charge in [-0.1, -0.05) is 6.07 Å². The number of hydrogen-bond donors (Lipinski definition) is 1. The lowest BCUT2D eigenvalue weighted by Crippen LogP contribution is -2.53. The van der Waals surface area contributed by atoms with Crippen molar-refractivity contribution in [2.75, 3.05) is 31.5 Å². The van der Waals surface area contributed by atoms with E-state index in [-0.39, 0.29) is 17.9 Å². The molecule has 2 amide bonds. The number of nitrogens with zero attached hydrogens (tertiary/aromatic N) is 2. The van der Waals surface area contributed by atoms with E-state index in [1.807, 2.05) is 36.1 Å². The van der Waals surface area contributed by atoms with E-state index >= 15 is 0 Å². The van der Waals surface area contributed by atoms with Crippen LogP contribution in [0.15, 0.2) is 24.3 Å². The first kappa shape index (κ1) is 18.5. The van der Waals surface area contributed by atoms with Crippen LogP contribution in [0, 0.1) is 0 Å². The van der Waals surface area contributed by atoms with E-state index in [1.165, 1.54) is 12.8 Å². The van der Waals surface area contributed by atoms with E-state index in [0.29, 0.717) is 32.3 Å². The Morgan fingerprint density at radius 2 is 1.77 bits per heavy atom. The van der Waals surface area contributed by atoms with Crippen molar-refractivity contribution in [2.45, 2.75) is 51.7 Å². The molecule has 1 unspecified atom stereocenters. The Kier molecular flexibility index (Phi) is 6.01. The zero-order chi connectivity index (χ0) is 18.5. The Morgan fingerprint density at radius 1 is 1.12 bits per heavy atom. The van der Waals surface area contributed by atoms with Gasteiger partial charge in [0.15, 0.2) is 0 Å². The zero-order valence-electron chi connectivity index (χ0n) is 15.7. The molecular weight excluding hydrogens is 330 g/mol. The molecule has 1 aliphatic carbocycles. The highest BCUT2D eigenvalue weighted by molar-refractivity contribution is 5.84. The third-order valence-electron chi connectivity index (χ3n) is 5.23. The monoisotopic (exact) mass is 359 g/mol. The number of hydrogen-bond acceptors (Lipinski definition) is 4. The minimum absolute atomic E-state index is 0.0651. The lowest BCUT2D eigenvalue weighted by atomic mass is 10.2. The second-order valence-corrected chi connectivity index (χ2v) is 7.25. The fraction of sp³-hybridized carbons (Fsp3) is 0.600. The highest BCUT2D eigenvalue weighted by Gasteiger charge is 2.25. The van der Waals surface area contributed by atoms with Crippen molar-refractivity contribution in [3.63, 3.8) is 0 Å². The van der Waals surface area contributed by atoms with E-state index in [2.05, 4.69) is 5.32 Å². The number of piperazine rings is 1. The smallest absolute Gasteiger partial charge is 0.244 e. The van der Waals surface area contributed by atoms with Crippen LogP contribution in [0.5, 0.6) is 5.75 Å². The van der Waals surface area contributed by atoms with Crippen LogP contribution < -0.4 is 10.1 Å². The van der Waals surface area contributed by atoms with E-state index in [0.717, 1.165) is 24.3 Å². The molecule has 1 aromatic carbocycles. The lowest BCUT2D eigenvalue weighted by Gasteiger charge is -2.35. The van der Waals surface area contributed by atoms with Crippen molar-refractivity contribution in [3.05, 3.63) is 24.3 Å². The maximum absolute atomic E-state index is 12.7. The molecule has 1 aliphatic heterocycles. The van der Waals surface area contributed by atoms with Gasteiger partial charge < -0.3 is 19.9 Å². The van der Waals surface area contributed by atoms with Crippen molar-refractivity contribution in [2.24, 2.45) is 0 Å². The fourth-order valence-corrected chi connectivity index (χ4v) is 3.69. The Labute approximate surface area is 155 Å². The molecule has 1 atom stereocenters. The van der Waals surface area contributed by atoms with Crippen molar-refractivity contribution in [3.8, 4) is 5.75 Å². The molecule has 26 heavy (non-hydrogen) atoms. The molecule has 1 aromatic rings. The van der Waals surface area contributed by atoms with Crippen LogP contribution in [0.2, 0.25) is 0 Å². The summed E-state index contributed by atoms with van der Waals surface area (Å²) in [5, 5.41) is 3.29. The molecule has 1 heterocycles. The second kappa shape index (κ2) is 8.43. The molecule has 1 saturated carbocycles. The largest absolute Gasteiger partial charge is 0.490 e. The van der Waals surface area contributed by atoms with Crippen molar-refractivity contribution >= 4 is 17.5 Å². The molecule has 6 nitrogen and oxygen atoms in total. The summed E-state index contributed by atoms with van der Waals surface area (Å²) < 4.78 is 6.04. The number of nitrogens with one attached hydrogen (secondary N) is 1. The van der Waals surface area contributed by atoms with Gasteiger partial charge in [-0.15, -0.1) is 0 Å². The van der Waals surface area contributed by atoms with Gasteiger partial charge in [0.05, 0.1) is 6.10 Å². The van der Waals surface area contributed by atoms with Crippen molar-refractivity contribution in [1.82, 2.24) is 9.80 Å². The van der Waals surface area contributed by atoms with Gasteiger partial charge in [0.2, 0.25) is 11.8 Å². The average Bonchev–Trinajstić information content (AvgIpc) is 3.14. The van der Waals surface area contributed by atoms with Crippen LogP contribution in [-0.4, -0.2) is 59.9 Å². The molecule has 1 N–H and O–H groups in total. The normalized spacial score (nSPS) is 19.3. The molecule has 1 saturated heterocycles. The maximum atomic E-state index is 12.7. The summed E-state index contributed by atoms with van der Waals surface area (Å²) in [5.74, 6) is 0.995. The maximum Gasteiger partial charge on any atom is 0.244 e. The van der Waals surface area contributed by atoms with E-state index in [1.54, 1.807) is 11.8 Å². The second-order valence-electron chi connectivity index (χ2n) is 7.25. The number of amides is 2. The molecule has 2 fully saturated rings. The van der Waals surface area contributed by atoms with Gasteiger partial charge in [-0.05, 0) is 44.7 Å². The molecular formula is C20H29N3O3. The van der Waals surface area contributed by atoms with Gasteiger partial charge in [0.25, 0.3) is 0 Å². The standard InChI is InChI=1S/C20H29N3O3/c1-15(20(25)23-12-10-22(11-13-23)16(2)24)21-17-6-5-9-19(14-17)26-18-7-3-4-8-18/h5-6,9,14-15,18,21H,3-4,7-8,10-13H2,1-2H3. The van der Waals surface area contributed by atoms with Gasteiger partial charge in [-0.25, -0.2) is 0 Å². The van der Waals surface area contributed by atoms with Crippen LogP contribution in [0.1, 0.15) is 39.5 Å². The third kappa shape index (κ3) is 4.68. The summed E-state index contributed by atoms with van der Waals surface area (Å²) in [6.45, 7) is 5.86. The van der Waals surface area contributed by atoms with E-state index in [9.17, 15) is 9.59 Å². The Bertz CT molecular complexity index is 635. The molecule has 0 aromatic heterocycles. The van der Waals surface area contributed by atoms with Gasteiger partial charge >= 0.3 is 0 Å². The topological polar surface area (TPSA) is 61.9 Å². The summed E-state index contributed by atoms with van der Waals surface area (Å²) >= 11 is 0. The number of anilines is 1.